The summed E-state index contributed by atoms with van der Waals surface area (Å²) >= 11 is 0. The number of carboxylic acid groups (broad SMARTS) is 1. The molecule has 0 aliphatic carbocycles. The smallest absolute Gasteiger partial charge is 0.318 e. The number of hydrogen-bond acceptors (Lipinski definition) is 5. The highest BCUT2D eigenvalue weighted by molar-refractivity contribution is 7.89. The molecule has 0 atom stereocenters. The van der Waals surface area contributed by atoms with Gasteiger partial charge >= 0.3 is 5.97 Å². The van der Waals surface area contributed by atoms with Crippen molar-refractivity contribution >= 4 is 26.8 Å². The molecule has 4 N–H and O–H groups in total. The maximum Gasteiger partial charge on any atom is 0.318 e. The number of fused-ring (bicyclic) bond motifs is 1. The Morgan fingerprint density at radius 1 is 1.15 bits per heavy atom. The minimum Gasteiger partial charge on any atom is -0.480 e. The first kappa shape index (κ1) is 14.0. The van der Waals surface area contributed by atoms with E-state index in [2.05, 4.69) is 10.2 Å². The molecule has 9 nitrogen and oxygen atoms in total. The molecule has 0 unspecified atom stereocenters. The van der Waals surface area contributed by atoms with E-state index in [4.69, 9.17) is 5.11 Å². The first-order valence-electron chi connectivity index (χ1n) is 5.27. The Labute approximate surface area is 111 Å². The summed E-state index contributed by atoms with van der Waals surface area (Å²) in [4.78, 5) is 33.0. The van der Waals surface area contributed by atoms with E-state index in [1.807, 2.05) is 4.72 Å². The molecule has 0 amide bonds. The number of carbonyl (C=O) groups is 1. The lowest BCUT2D eigenvalue weighted by Crippen LogP contribution is -2.29. The van der Waals surface area contributed by atoms with Gasteiger partial charge in [0, 0.05) is 0 Å². The highest BCUT2D eigenvalue weighted by atomic mass is 32.2. The van der Waals surface area contributed by atoms with Crippen molar-refractivity contribution in [1.29, 1.82) is 0 Å². The van der Waals surface area contributed by atoms with Crippen LogP contribution in [-0.4, -0.2) is 36.2 Å². The molecule has 0 fully saturated rings. The van der Waals surface area contributed by atoms with Gasteiger partial charge in [-0.2, -0.15) is 4.72 Å². The Morgan fingerprint density at radius 3 is 2.35 bits per heavy atom. The second-order valence-electron chi connectivity index (χ2n) is 3.83. The number of rotatable bonds is 4. The lowest BCUT2D eigenvalue weighted by molar-refractivity contribution is -0.135. The van der Waals surface area contributed by atoms with Crippen LogP contribution < -0.4 is 15.8 Å². The van der Waals surface area contributed by atoms with Crippen LogP contribution in [0.1, 0.15) is 0 Å². The van der Waals surface area contributed by atoms with Crippen molar-refractivity contribution in [2.24, 2.45) is 0 Å². The number of carboxylic acids is 1. The van der Waals surface area contributed by atoms with E-state index in [0.717, 1.165) is 12.1 Å². The van der Waals surface area contributed by atoms with E-state index in [9.17, 15) is 22.8 Å². The topological polar surface area (TPSA) is 149 Å². The molecule has 2 rings (SSSR count). The van der Waals surface area contributed by atoms with Crippen LogP contribution in [0, 0.1) is 0 Å². The van der Waals surface area contributed by atoms with Crippen LogP contribution in [-0.2, 0) is 14.8 Å². The molecule has 0 aliphatic heterocycles. The zero-order valence-electron chi connectivity index (χ0n) is 9.84. The number of aromatic nitrogens is 2. The van der Waals surface area contributed by atoms with E-state index in [-0.39, 0.29) is 15.7 Å². The van der Waals surface area contributed by atoms with E-state index >= 15 is 0 Å². The van der Waals surface area contributed by atoms with Crippen LogP contribution >= 0.6 is 0 Å². The van der Waals surface area contributed by atoms with Crippen LogP contribution in [0.4, 0.5) is 0 Å². The van der Waals surface area contributed by atoms with Gasteiger partial charge < -0.3 is 5.11 Å². The number of aliphatic carboxylic acids is 1. The first-order chi connectivity index (χ1) is 9.31. The van der Waals surface area contributed by atoms with Crippen LogP contribution in [0.5, 0.6) is 0 Å². The highest BCUT2D eigenvalue weighted by Gasteiger charge is 2.16. The molecule has 2 aromatic rings. The third-order valence-corrected chi connectivity index (χ3v) is 3.89. The van der Waals surface area contributed by atoms with Crippen LogP contribution in [0.15, 0.2) is 32.7 Å². The standard InChI is InChI=1S/C10H9N3O6S/c14-8(15)4-11-20(18,19)5-1-2-6-7(3-5)10(17)13-12-9(6)16/h1-3,11H,4H2,(H,12,16)(H,13,17)(H,14,15). The first-order valence-corrected chi connectivity index (χ1v) is 6.76. The fourth-order valence-corrected chi connectivity index (χ4v) is 2.57. The average Bonchev–Trinajstić information content (AvgIpc) is 2.40. The third-order valence-electron chi connectivity index (χ3n) is 2.49. The molecular weight excluding hydrogens is 290 g/mol. The average molecular weight is 299 g/mol. The Bertz CT molecular complexity index is 895. The SMILES string of the molecule is O=C(O)CNS(=O)(=O)c1ccc2c(=O)[nH][nH]c(=O)c2c1. The number of aromatic amines is 2. The molecule has 0 bridgehead atoms. The van der Waals surface area contributed by atoms with Gasteiger partial charge in [0.15, 0.2) is 0 Å². The summed E-state index contributed by atoms with van der Waals surface area (Å²) in [5.74, 6) is -1.34. The fraction of sp³-hybridized carbons (Fsp3) is 0.100. The van der Waals surface area contributed by atoms with Gasteiger partial charge in [0.2, 0.25) is 10.0 Å². The molecule has 1 aromatic heterocycles. The fourth-order valence-electron chi connectivity index (χ4n) is 1.56. The molecular formula is C10H9N3O6S. The van der Waals surface area contributed by atoms with Crippen LogP contribution in [0.2, 0.25) is 0 Å². The number of nitrogens with one attached hydrogen (secondary N) is 3. The van der Waals surface area contributed by atoms with Crippen molar-refractivity contribution in [2.75, 3.05) is 6.54 Å². The maximum absolute atomic E-state index is 11.8. The van der Waals surface area contributed by atoms with Crippen molar-refractivity contribution in [3.63, 3.8) is 0 Å². The molecule has 0 aliphatic rings. The lowest BCUT2D eigenvalue weighted by Gasteiger charge is -2.05. The van der Waals surface area contributed by atoms with Crippen molar-refractivity contribution in [3.05, 3.63) is 38.9 Å². The maximum atomic E-state index is 11.8. The van der Waals surface area contributed by atoms with Gasteiger partial charge in [0.25, 0.3) is 11.1 Å². The second-order valence-corrected chi connectivity index (χ2v) is 5.60. The predicted molar refractivity (Wildman–Crippen MR) is 68.0 cm³/mol. The summed E-state index contributed by atoms with van der Waals surface area (Å²) in [6, 6.07) is 3.30. The molecule has 20 heavy (non-hydrogen) atoms. The number of H-pyrrole nitrogens is 2. The van der Waals surface area contributed by atoms with Crippen molar-refractivity contribution < 1.29 is 18.3 Å². The Balaban J connectivity index is 2.57. The Morgan fingerprint density at radius 2 is 1.75 bits per heavy atom. The summed E-state index contributed by atoms with van der Waals surface area (Å²) < 4.78 is 25.5. The van der Waals surface area contributed by atoms with E-state index < -0.39 is 33.7 Å². The van der Waals surface area contributed by atoms with Crippen molar-refractivity contribution in [2.45, 2.75) is 4.90 Å². The van der Waals surface area contributed by atoms with E-state index in [1.165, 1.54) is 6.07 Å². The molecule has 106 valence electrons. The van der Waals surface area contributed by atoms with Gasteiger partial charge in [-0.3, -0.25) is 24.6 Å². The van der Waals surface area contributed by atoms with Gasteiger partial charge in [0.1, 0.15) is 6.54 Å². The summed E-state index contributed by atoms with van der Waals surface area (Å²) in [5.41, 5.74) is -1.23. The van der Waals surface area contributed by atoms with Crippen LogP contribution in [0.25, 0.3) is 10.8 Å². The van der Waals surface area contributed by atoms with Gasteiger partial charge in [0.05, 0.1) is 15.7 Å². The highest BCUT2D eigenvalue weighted by Crippen LogP contribution is 2.13. The molecule has 1 aromatic carbocycles. The molecule has 0 radical (unpaired) electrons. The monoisotopic (exact) mass is 299 g/mol. The van der Waals surface area contributed by atoms with Gasteiger partial charge in [-0.1, -0.05) is 0 Å². The molecule has 1 heterocycles. The molecule has 0 spiro atoms. The molecule has 10 heteroatoms. The van der Waals surface area contributed by atoms with E-state index in [1.54, 1.807) is 0 Å². The molecule has 0 saturated heterocycles. The second kappa shape index (κ2) is 4.90. The summed E-state index contributed by atoms with van der Waals surface area (Å²) in [6.45, 7) is -0.786. The van der Waals surface area contributed by atoms with Gasteiger partial charge in [-0.05, 0) is 18.2 Å². The Kier molecular flexibility index (Phi) is 3.42. The summed E-state index contributed by atoms with van der Waals surface area (Å²) in [6.07, 6.45) is 0. The number of sulfonamides is 1. The van der Waals surface area contributed by atoms with Gasteiger partial charge in [-0.25, -0.2) is 8.42 Å². The minimum atomic E-state index is -4.07. The number of hydrogen-bond donors (Lipinski definition) is 4. The predicted octanol–water partition coefficient (Wildman–Crippen LogP) is -1.42. The normalized spacial score (nSPS) is 11.6. The summed E-state index contributed by atoms with van der Waals surface area (Å²) in [5, 5.41) is 12.6. The van der Waals surface area contributed by atoms with Crippen molar-refractivity contribution in [1.82, 2.24) is 14.9 Å². The minimum absolute atomic E-state index is 0.0333. The Hall–Kier alpha value is -2.46. The zero-order valence-corrected chi connectivity index (χ0v) is 10.7. The largest absolute Gasteiger partial charge is 0.480 e. The van der Waals surface area contributed by atoms with E-state index in [0.29, 0.717) is 0 Å². The summed E-state index contributed by atoms with van der Waals surface area (Å²) in [7, 11) is -4.07. The number of benzene rings is 1. The van der Waals surface area contributed by atoms with Gasteiger partial charge in [-0.15, -0.1) is 0 Å². The lowest BCUT2D eigenvalue weighted by atomic mass is 10.2. The van der Waals surface area contributed by atoms with Crippen molar-refractivity contribution in [3.8, 4) is 0 Å². The van der Waals surface area contributed by atoms with Crippen LogP contribution in [0.3, 0.4) is 0 Å². The quantitative estimate of drug-likeness (QED) is 0.544. The zero-order chi connectivity index (χ0) is 14.9. The third kappa shape index (κ3) is 2.60. The molecule has 0 saturated carbocycles.